The Labute approximate surface area is 129 Å². The molecule has 0 aromatic carbocycles. The van der Waals surface area contributed by atoms with Gasteiger partial charge >= 0.3 is 0 Å². The van der Waals surface area contributed by atoms with E-state index in [2.05, 4.69) is 39.1 Å². The van der Waals surface area contributed by atoms with Crippen LogP contribution in [-0.4, -0.2) is 25.3 Å². The predicted octanol–water partition coefficient (Wildman–Crippen LogP) is 4.20. The van der Waals surface area contributed by atoms with Crippen LogP contribution in [0.4, 0.5) is 0 Å². The Balaban J connectivity index is 1.71. The number of furan rings is 1. The molecule has 0 spiro atoms. The van der Waals surface area contributed by atoms with Crippen molar-refractivity contribution in [2.75, 3.05) is 19.7 Å². The van der Waals surface area contributed by atoms with Gasteiger partial charge in [0, 0.05) is 12.5 Å². The fourth-order valence-electron chi connectivity index (χ4n) is 3.40. The summed E-state index contributed by atoms with van der Waals surface area (Å²) in [6, 6.07) is 4.09. The van der Waals surface area contributed by atoms with Gasteiger partial charge in [0.25, 0.3) is 0 Å². The highest BCUT2D eigenvalue weighted by Gasteiger charge is 2.28. The third-order valence-electron chi connectivity index (χ3n) is 4.58. The molecule has 0 aliphatic carbocycles. The van der Waals surface area contributed by atoms with Gasteiger partial charge in [-0.1, -0.05) is 13.8 Å². The van der Waals surface area contributed by atoms with Crippen LogP contribution >= 0.6 is 0 Å². The van der Waals surface area contributed by atoms with E-state index in [1.54, 1.807) is 6.26 Å². The molecule has 0 unspecified atom stereocenters. The van der Waals surface area contributed by atoms with Crippen LogP contribution in [0, 0.1) is 11.8 Å². The van der Waals surface area contributed by atoms with Crippen molar-refractivity contribution in [1.29, 1.82) is 0 Å². The molecule has 3 nitrogen and oxygen atoms in total. The van der Waals surface area contributed by atoms with Crippen LogP contribution in [0.1, 0.15) is 58.6 Å². The molecular formula is C18H31NO2. The van der Waals surface area contributed by atoms with E-state index in [1.807, 2.05) is 6.07 Å². The minimum Gasteiger partial charge on any atom is -0.469 e. The van der Waals surface area contributed by atoms with E-state index in [0.29, 0.717) is 11.8 Å². The zero-order valence-corrected chi connectivity index (χ0v) is 14.0. The van der Waals surface area contributed by atoms with Gasteiger partial charge in [0.2, 0.25) is 0 Å². The van der Waals surface area contributed by atoms with Gasteiger partial charge in [-0.05, 0) is 70.2 Å². The van der Waals surface area contributed by atoms with Crippen molar-refractivity contribution in [2.45, 2.75) is 58.5 Å². The number of hydrogen-bond donors (Lipinski definition) is 1. The maximum atomic E-state index is 5.78. The third-order valence-corrected chi connectivity index (χ3v) is 4.58. The summed E-state index contributed by atoms with van der Waals surface area (Å²) in [6.45, 7) is 12.0. The summed E-state index contributed by atoms with van der Waals surface area (Å²) < 4.78 is 11.4. The molecule has 1 fully saturated rings. The molecule has 1 N–H and O–H groups in total. The largest absolute Gasteiger partial charge is 0.469 e. The molecule has 0 amide bonds. The van der Waals surface area contributed by atoms with Gasteiger partial charge in [-0.2, -0.15) is 0 Å². The molecule has 2 heterocycles. The van der Waals surface area contributed by atoms with Crippen LogP contribution in [0.15, 0.2) is 22.8 Å². The van der Waals surface area contributed by atoms with Crippen LogP contribution in [0.2, 0.25) is 0 Å². The van der Waals surface area contributed by atoms with Crippen molar-refractivity contribution in [3.05, 3.63) is 24.2 Å². The predicted molar refractivity (Wildman–Crippen MR) is 86.5 cm³/mol. The molecule has 3 heteroatoms. The second kappa shape index (κ2) is 7.46. The minimum atomic E-state index is 0.0548. The van der Waals surface area contributed by atoms with Crippen LogP contribution in [0.3, 0.4) is 0 Å². The molecule has 0 radical (unpaired) electrons. The molecule has 1 aromatic heterocycles. The van der Waals surface area contributed by atoms with Gasteiger partial charge in [0.05, 0.1) is 11.9 Å². The van der Waals surface area contributed by atoms with Crippen LogP contribution < -0.4 is 5.32 Å². The van der Waals surface area contributed by atoms with Gasteiger partial charge in [0.1, 0.15) is 5.76 Å². The lowest BCUT2D eigenvalue weighted by Gasteiger charge is -2.35. The highest BCUT2D eigenvalue weighted by Crippen LogP contribution is 2.29. The van der Waals surface area contributed by atoms with Crippen molar-refractivity contribution in [2.24, 2.45) is 11.8 Å². The first-order valence-corrected chi connectivity index (χ1v) is 8.36. The molecule has 1 aliphatic heterocycles. The van der Waals surface area contributed by atoms with Gasteiger partial charge in [-0.15, -0.1) is 0 Å². The van der Waals surface area contributed by atoms with E-state index < -0.39 is 0 Å². The van der Waals surface area contributed by atoms with Crippen LogP contribution in [-0.2, 0) is 4.74 Å². The summed E-state index contributed by atoms with van der Waals surface area (Å²) in [4.78, 5) is 0. The highest BCUT2D eigenvalue weighted by atomic mass is 16.5. The summed E-state index contributed by atoms with van der Waals surface area (Å²) in [5.74, 6) is 2.99. The van der Waals surface area contributed by atoms with Gasteiger partial charge < -0.3 is 14.5 Å². The third kappa shape index (κ3) is 5.15. The lowest BCUT2D eigenvalue weighted by atomic mass is 9.88. The lowest BCUT2D eigenvalue weighted by molar-refractivity contribution is -0.0718. The van der Waals surface area contributed by atoms with Gasteiger partial charge in [-0.25, -0.2) is 0 Å². The maximum Gasteiger partial charge on any atom is 0.107 e. The molecule has 2 rings (SSSR count). The summed E-state index contributed by atoms with van der Waals surface area (Å²) in [5, 5.41) is 3.64. The van der Waals surface area contributed by atoms with E-state index in [0.717, 1.165) is 44.2 Å². The van der Waals surface area contributed by atoms with E-state index in [-0.39, 0.29) is 5.60 Å². The Bertz CT molecular complexity index is 397. The fourth-order valence-corrected chi connectivity index (χ4v) is 3.40. The van der Waals surface area contributed by atoms with E-state index in [9.17, 15) is 0 Å². The Morgan fingerprint density at radius 1 is 1.38 bits per heavy atom. The Kier molecular flexibility index (Phi) is 5.88. The second-order valence-electron chi connectivity index (χ2n) is 7.33. The molecule has 21 heavy (non-hydrogen) atoms. The van der Waals surface area contributed by atoms with Gasteiger partial charge in [0.15, 0.2) is 0 Å². The van der Waals surface area contributed by atoms with Crippen LogP contribution in [0.25, 0.3) is 0 Å². The average Bonchev–Trinajstić information content (AvgIpc) is 2.90. The standard InChI is InChI=1S/C18H31NO2/c1-14(2)16(17-6-5-10-20-17)7-9-19-13-15-8-11-21-18(3,4)12-15/h5-6,10,14-16,19H,7-9,11-13H2,1-4H3/t15-,16+/m0/s1. The van der Waals surface area contributed by atoms with Crippen molar-refractivity contribution in [3.63, 3.8) is 0 Å². The summed E-state index contributed by atoms with van der Waals surface area (Å²) >= 11 is 0. The molecule has 1 aromatic rings. The first-order chi connectivity index (χ1) is 9.98. The fraction of sp³-hybridized carbons (Fsp3) is 0.778. The molecule has 1 aliphatic rings. The SMILES string of the molecule is CC(C)[C@@H](CCNC[C@H]1CCOC(C)(C)C1)c1ccco1. The molecule has 2 atom stereocenters. The molecule has 0 saturated carbocycles. The number of rotatable bonds is 7. The molecule has 120 valence electrons. The average molecular weight is 293 g/mol. The number of ether oxygens (including phenoxy) is 1. The van der Waals surface area contributed by atoms with Crippen molar-refractivity contribution in [3.8, 4) is 0 Å². The molecule has 1 saturated heterocycles. The topological polar surface area (TPSA) is 34.4 Å². The number of hydrogen-bond acceptors (Lipinski definition) is 3. The van der Waals surface area contributed by atoms with Crippen molar-refractivity contribution >= 4 is 0 Å². The smallest absolute Gasteiger partial charge is 0.107 e. The van der Waals surface area contributed by atoms with E-state index >= 15 is 0 Å². The maximum absolute atomic E-state index is 5.78. The normalized spacial score (nSPS) is 23.4. The first kappa shape index (κ1) is 16.6. The quantitative estimate of drug-likeness (QED) is 0.765. The molecule has 0 bridgehead atoms. The molecular weight excluding hydrogens is 262 g/mol. The minimum absolute atomic E-state index is 0.0548. The summed E-state index contributed by atoms with van der Waals surface area (Å²) in [7, 11) is 0. The zero-order valence-electron chi connectivity index (χ0n) is 14.0. The first-order valence-electron chi connectivity index (χ1n) is 8.36. The summed E-state index contributed by atoms with van der Waals surface area (Å²) in [6.07, 6.45) is 5.26. The Hall–Kier alpha value is -0.800. The van der Waals surface area contributed by atoms with Crippen molar-refractivity contribution < 1.29 is 9.15 Å². The summed E-state index contributed by atoms with van der Waals surface area (Å²) in [5.41, 5.74) is 0.0548. The second-order valence-corrected chi connectivity index (χ2v) is 7.33. The lowest BCUT2D eigenvalue weighted by Crippen LogP contribution is -2.38. The van der Waals surface area contributed by atoms with E-state index in [4.69, 9.17) is 9.15 Å². The highest BCUT2D eigenvalue weighted by molar-refractivity contribution is 5.06. The van der Waals surface area contributed by atoms with E-state index in [1.165, 1.54) is 6.42 Å². The van der Waals surface area contributed by atoms with Gasteiger partial charge in [-0.3, -0.25) is 0 Å². The number of nitrogens with one attached hydrogen (secondary N) is 1. The Morgan fingerprint density at radius 2 is 2.19 bits per heavy atom. The Morgan fingerprint density at radius 3 is 2.81 bits per heavy atom. The van der Waals surface area contributed by atoms with Crippen molar-refractivity contribution in [1.82, 2.24) is 5.32 Å². The zero-order chi connectivity index (χ0) is 15.3. The van der Waals surface area contributed by atoms with Crippen LogP contribution in [0.5, 0.6) is 0 Å². The monoisotopic (exact) mass is 293 g/mol.